The van der Waals surface area contributed by atoms with E-state index in [9.17, 15) is 0 Å². The van der Waals surface area contributed by atoms with Gasteiger partial charge in [0.25, 0.3) is 0 Å². The minimum atomic E-state index is -0.181. The molecule has 0 saturated heterocycles. The van der Waals surface area contributed by atoms with Crippen molar-refractivity contribution in [1.29, 1.82) is 0 Å². The second-order valence-corrected chi connectivity index (χ2v) is 5.93. The first-order valence-corrected chi connectivity index (χ1v) is 6.33. The quantitative estimate of drug-likeness (QED) is 0.384. The number of rotatable bonds is 4. The first-order chi connectivity index (χ1) is 7.89. The summed E-state index contributed by atoms with van der Waals surface area (Å²) < 4.78 is 0. The first kappa shape index (κ1) is 22.9. The molecule has 0 heterocycles. The molecule has 12 N–H and O–H groups in total. The molecule has 0 aliphatic rings. The van der Waals surface area contributed by atoms with Gasteiger partial charge in [0.1, 0.15) is 0 Å². The van der Waals surface area contributed by atoms with Crippen LogP contribution in [0.1, 0.15) is 41.0 Å². The van der Waals surface area contributed by atoms with E-state index in [1.54, 1.807) is 0 Å². The molecule has 0 aliphatic carbocycles. The van der Waals surface area contributed by atoms with Crippen LogP contribution in [-0.2, 0) is 0 Å². The average molecular weight is 264 g/mol. The zero-order chi connectivity index (χ0) is 15.4. The summed E-state index contributed by atoms with van der Waals surface area (Å²) in [6.45, 7) is 11.4. The van der Waals surface area contributed by atoms with Gasteiger partial charge in [-0.15, -0.1) is 0 Å². The molecule has 0 radical (unpaired) electrons. The van der Waals surface area contributed by atoms with Gasteiger partial charge in [0.05, 0.1) is 0 Å². The van der Waals surface area contributed by atoms with Crippen LogP contribution in [0.5, 0.6) is 0 Å². The van der Waals surface area contributed by atoms with Crippen LogP contribution < -0.4 is 34.4 Å². The Bertz CT molecular complexity index is 157. The van der Waals surface area contributed by atoms with Crippen molar-refractivity contribution in [3.8, 4) is 0 Å². The molecular formula is C12H36N6. The Morgan fingerprint density at radius 1 is 0.889 bits per heavy atom. The number of hydrogen-bond acceptors (Lipinski definition) is 6. The molecular weight excluding hydrogens is 228 g/mol. The van der Waals surface area contributed by atoms with E-state index in [4.69, 9.17) is 34.4 Å². The van der Waals surface area contributed by atoms with E-state index >= 15 is 0 Å². The molecule has 18 heavy (non-hydrogen) atoms. The van der Waals surface area contributed by atoms with E-state index < -0.39 is 0 Å². The summed E-state index contributed by atoms with van der Waals surface area (Å²) >= 11 is 0. The minimum absolute atomic E-state index is 0.0747. The van der Waals surface area contributed by atoms with Crippen LogP contribution in [0.15, 0.2) is 0 Å². The predicted octanol–water partition coefficient (Wildman–Crippen LogP) is -0.953. The molecule has 0 aromatic rings. The highest BCUT2D eigenvalue weighted by molar-refractivity contribution is 4.71. The zero-order valence-corrected chi connectivity index (χ0v) is 12.9. The van der Waals surface area contributed by atoms with Crippen LogP contribution in [0.3, 0.4) is 0 Å². The van der Waals surface area contributed by atoms with Gasteiger partial charge in [0.15, 0.2) is 0 Å². The topological polar surface area (TPSA) is 156 Å². The molecule has 0 spiro atoms. The second-order valence-electron chi connectivity index (χ2n) is 5.93. The summed E-state index contributed by atoms with van der Waals surface area (Å²) in [5.74, 6) is 0. The zero-order valence-electron chi connectivity index (χ0n) is 12.9. The highest BCUT2D eigenvalue weighted by Crippen LogP contribution is 1.99. The van der Waals surface area contributed by atoms with Crippen molar-refractivity contribution in [3.63, 3.8) is 0 Å². The van der Waals surface area contributed by atoms with Crippen molar-refractivity contribution in [3.05, 3.63) is 0 Å². The molecule has 0 aliphatic heterocycles. The van der Waals surface area contributed by atoms with Crippen LogP contribution in [0.2, 0.25) is 0 Å². The van der Waals surface area contributed by atoms with Gasteiger partial charge in [-0.3, -0.25) is 0 Å². The largest absolute Gasteiger partial charge is 0.330 e. The molecule has 6 heteroatoms. The fourth-order valence-corrected chi connectivity index (χ4v) is 0.372. The molecule has 114 valence electrons. The number of nitrogens with two attached hydrogens (primary N) is 6. The lowest BCUT2D eigenvalue weighted by Crippen LogP contribution is -2.40. The van der Waals surface area contributed by atoms with Crippen molar-refractivity contribution in [2.45, 2.75) is 58.2 Å². The van der Waals surface area contributed by atoms with E-state index in [1.807, 2.05) is 34.6 Å². The van der Waals surface area contributed by atoms with Gasteiger partial charge in [0.2, 0.25) is 0 Å². The fourth-order valence-electron chi connectivity index (χ4n) is 0.372. The first-order valence-electron chi connectivity index (χ1n) is 6.33. The molecule has 0 bridgehead atoms. The normalized spacial score (nSPS) is 12.8. The van der Waals surface area contributed by atoms with Crippen molar-refractivity contribution in [1.82, 2.24) is 0 Å². The summed E-state index contributed by atoms with van der Waals surface area (Å²) in [7, 11) is 0. The van der Waals surface area contributed by atoms with Crippen LogP contribution in [-0.4, -0.2) is 36.8 Å². The third-order valence-corrected chi connectivity index (χ3v) is 1.69. The third-order valence-electron chi connectivity index (χ3n) is 1.69. The van der Waals surface area contributed by atoms with E-state index in [0.717, 1.165) is 6.42 Å². The molecule has 0 saturated carbocycles. The Morgan fingerprint density at radius 3 is 1.17 bits per heavy atom. The SMILES string of the molecule is CC(C)(N)CCN.CC(C)(N)CN.CC(N)CN. The molecule has 0 rings (SSSR count). The molecule has 1 atom stereocenters. The van der Waals surface area contributed by atoms with Crippen molar-refractivity contribution in [2.75, 3.05) is 19.6 Å². The van der Waals surface area contributed by atoms with Crippen molar-refractivity contribution < 1.29 is 0 Å². The molecule has 0 fully saturated rings. The Balaban J connectivity index is -0.000000190. The minimum Gasteiger partial charge on any atom is -0.330 e. The van der Waals surface area contributed by atoms with Crippen molar-refractivity contribution in [2.24, 2.45) is 34.4 Å². The Morgan fingerprint density at radius 2 is 1.17 bits per heavy atom. The molecule has 0 aromatic heterocycles. The maximum atomic E-state index is 5.57. The van der Waals surface area contributed by atoms with E-state index in [1.165, 1.54) is 0 Å². The Labute approximate surface area is 113 Å². The van der Waals surface area contributed by atoms with Crippen LogP contribution in [0, 0.1) is 0 Å². The van der Waals surface area contributed by atoms with E-state index in [0.29, 0.717) is 19.6 Å². The van der Waals surface area contributed by atoms with Gasteiger partial charge in [-0.1, -0.05) is 0 Å². The van der Waals surface area contributed by atoms with E-state index in [-0.39, 0.29) is 17.1 Å². The highest BCUT2D eigenvalue weighted by Gasteiger charge is 2.06. The lowest BCUT2D eigenvalue weighted by Gasteiger charge is -2.15. The van der Waals surface area contributed by atoms with Gasteiger partial charge in [0, 0.05) is 30.2 Å². The summed E-state index contributed by atoms with van der Waals surface area (Å²) in [6, 6.07) is 0.162. The van der Waals surface area contributed by atoms with Gasteiger partial charge in [-0.2, -0.15) is 0 Å². The maximum Gasteiger partial charge on any atom is 0.0221 e. The van der Waals surface area contributed by atoms with Gasteiger partial charge in [-0.05, 0) is 47.6 Å². The average Bonchev–Trinajstić information content (AvgIpc) is 2.16. The van der Waals surface area contributed by atoms with Crippen LogP contribution in [0.4, 0.5) is 0 Å². The summed E-state index contributed by atoms with van der Waals surface area (Å²) in [5.41, 5.74) is 31.3. The summed E-state index contributed by atoms with van der Waals surface area (Å²) in [5, 5.41) is 0. The lowest BCUT2D eigenvalue weighted by molar-refractivity contribution is 0.484. The maximum absolute atomic E-state index is 5.57. The van der Waals surface area contributed by atoms with Gasteiger partial charge >= 0.3 is 0 Å². The summed E-state index contributed by atoms with van der Waals surface area (Å²) in [4.78, 5) is 0. The standard InChI is InChI=1S/C5H14N2.C4H12N2.C3H10N2/c1-5(2,7)3-4-6;1-4(2,6)3-5;1-3(5)2-4/h3-4,6-7H2,1-2H3;3,5-6H2,1-2H3;3H,2,4-5H2,1H3. The molecule has 0 amide bonds. The summed E-state index contributed by atoms with van der Waals surface area (Å²) in [6.07, 6.45) is 0.896. The van der Waals surface area contributed by atoms with Crippen molar-refractivity contribution >= 4 is 0 Å². The third kappa shape index (κ3) is 44.7. The smallest absolute Gasteiger partial charge is 0.0221 e. The fraction of sp³-hybridized carbons (Fsp3) is 1.00. The Hall–Kier alpha value is -0.240. The highest BCUT2D eigenvalue weighted by atomic mass is 14.8. The predicted molar refractivity (Wildman–Crippen MR) is 82.0 cm³/mol. The molecule has 0 aromatic carbocycles. The van der Waals surface area contributed by atoms with Gasteiger partial charge in [-0.25, -0.2) is 0 Å². The Kier molecular flexibility index (Phi) is 15.0. The lowest BCUT2D eigenvalue weighted by atomic mass is 10.0. The van der Waals surface area contributed by atoms with Crippen LogP contribution in [0.25, 0.3) is 0 Å². The van der Waals surface area contributed by atoms with Crippen LogP contribution >= 0.6 is 0 Å². The number of hydrogen-bond donors (Lipinski definition) is 6. The second kappa shape index (κ2) is 11.8. The molecule has 6 nitrogen and oxygen atoms in total. The van der Waals surface area contributed by atoms with E-state index in [2.05, 4.69) is 0 Å². The monoisotopic (exact) mass is 264 g/mol. The van der Waals surface area contributed by atoms with Gasteiger partial charge < -0.3 is 34.4 Å². The molecule has 1 unspecified atom stereocenters.